The fraction of sp³-hybridized carbons (Fsp3) is 0.100. The van der Waals surface area contributed by atoms with Crippen LogP contribution in [0.25, 0.3) is 0 Å². The molecule has 0 radical (unpaired) electrons. The minimum atomic E-state index is -1.49. The Balaban J connectivity index is 2.28. The van der Waals surface area contributed by atoms with Crippen molar-refractivity contribution in [3.8, 4) is 0 Å². The number of hydrogen-bond acceptors (Lipinski definition) is 2. The van der Waals surface area contributed by atoms with Gasteiger partial charge in [-0.3, -0.25) is 0 Å². The number of aromatic nitrogens is 2. The van der Waals surface area contributed by atoms with Gasteiger partial charge in [-0.25, -0.2) is 18.2 Å². The van der Waals surface area contributed by atoms with E-state index in [0.717, 1.165) is 17.8 Å². The number of anilines is 2. The predicted molar refractivity (Wildman–Crippen MR) is 52.9 cm³/mol. The molecule has 0 aliphatic carbocycles. The lowest BCUT2D eigenvalue weighted by atomic mass is 10.3. The lowest BCUT2D eigenvalue weighted by Gasteiger charge is -2.04. The molecular formula is C10H8F3N3. The number of rotatable bonds is 2. The smallest absolute Gasteiger partial charge is 0.204 e. The lowest BCUT2D eigenvalue weighted by Crippen LogP contribution is -1.97. The first-order chi connectivity index (χ1) is 7.56. The molecule has 2 aromatic rings. The number of aromatic amines is 1. The summed E-state index contributed by atoms with van der Waals surface area (Å²) in [6.07, 6.45) is 1.55. The van der Waals surface area contributed by atoms with Crippen LogP contribution in [0.2, 0.25) is 0 Å². The van der Waals surface area contributed by atoms with Gasteiger partial charge < -0.3 is 10.3 Å². The largest absolute Gasteiger partial charge is 0.328 e. The third-order valence-electron chi connectivity index (χ3n) is 1.95. The number of imidazole rings is 1. The summed E-state index contributed by atoms with van der Waals surface area (Å²) in [5.74, 6) is -3.64. The molecule has 3 nitrogen and oxygen atoms in total. The molecule has 0 aliphatic heterocycles. The maximum atomic E-state index is 12.9. The van der Waals surface area contributed by atoms with E-state index in [1.165, 1.54) is 0 Å². The van der Waals surface area contributed by atoms with Crippen LogP contribution in [0.3, 0.4) is 0 Å². The summed E-state index contributed by atoms with van der Waals surface area (Å²) in [6.45, 7) is 1.78. The first kappa shape index (κ1) is 10.5. The molecule has 0 saturated carbocycles. The van der Waals surface area contributed by atoms with Crippen LogP contribution < -0.4 is 5.32 Å². The van der Waals surface area contributed by atoms with E-state index in [9.17, 15) is 13.2 Å². The Labute approximate surface area is 89.3 Å². The van der Waals surface area contributed by atoms with Gasteiger partial charge in [-0.15, -0.1) is 0 Å². The monoisotopic (exact) mass is 227 g/mol. The second-order valence-electron chi connectivity index (χ2n) is 3.29. The van der Waals surface area contributed by atoms with E-state index >= 15 is 0 Å². The van der Waals surface area contributed by atoms with Gasteiger partial charge in [0.2, 0.25) is 5.95 Å². The molecule has 16 heavy (non-hydrogen) atoms. The summed E-state index contributed by atoms with van der Waals surface area (Å²) in [6, 6.07) is 1.71. The van der Waals surface area contributed by atoms with Crippen molar-refractivity contribution in [3.63, 3.8) is 0 Å². The molecule has 0 bridgehead atoms. The summed E-state index contributed by atoms with van der Waals surface area (Å²) < 4.78 is 38.4. The van der Waals surface area contributed by atoms with E-state index in [1.807, 2.05) is 0 Å². The number of hydrogen-bond donors (Lipinski definition) is 2. The van der Waals surface area contributed by atoms with E-state index in [2.05, 4.69) is 15.3 Å². The van der Waals surface area contributed by atoms with E-state index in [1.54, 1.807) is 13.1 Å². The molecule has 0 unspecified atom stereocenters. The number of H-pyrrole nitrogens is 1. The molecule has 0 aliphatic rings. The van der Waals surface area contributed by atoms with Crippen molar-refractivity contribution < 1.29 is 13.2 Å². The van der Waals surface area contributed by atoms with Crippen LogP contribution >= 0.6 is 0 Å². The van der Waals surface area contributed by atoms with Crippen LogP contribution in [0.1, 0.15) is 5.69 Å². The Bertz CT molecular complexity index is 499. The van der Waals surface area contributed by atoms with Crippen LogP contribution in [0, 0.1) is 24.4 Å². The molecule has 0 fully saturated rings. The van der Waals surface area contributed by atoms with E-state index in [0.29, 0.717) is 5.95 Å². The van der Waals surface area contributed by atoms with Crippen molar-refractivity contribution in [1.82, 2.24) is 9.97 Å². The van der Waals surface area contributed by atoms with Crippen molar-refractivity contribution >= 4 is 11.6 Å². The average molecular weight is 227 g/mol. The molecule has 0 saturated heterocycles. The fourth-order valence-corrected chi connectivity index (χ4v) is 1.24. The van der Waals surface area contributed by atoms with E-state index < -0.39 is 17.5 Å². The Morgan fingerprint density at radius 1 is 1.19 bits per heavy atom. The highest BCUT2D eigenvalue weighted by Crippen LogP contribution is 2.19. The lowest BCUT2D eigenvalue weighted by molar-refractivity contribution is 0.448. The number of nitrogens with one attached hydrogen (secondary N) is 2. The zero-order valence-corrected chi connectivity index (χ0v) is 8.31. The second-order valence-corrected chi connectivity index (χ2v) is 3.29. The normalized spacial score (nSPS) is 10.5. The number of nitrogens with zero attached hydrogens (tertiary/aromatic N) is 1. The number of halogens is 3. The van der Waals surface area contributed by atoms with Gasteiger partial charge >= 0.3 is 0 Å². The van der Waals surface area contributed by atoms with Crippen molar-refractivity contribution in [2.75, 3.05) is 5.32 Å². The van der Waals surface area contributed by atoms with Crippen LogP contribution in [0.4, 0.5) is 24.8 Å². The molecule has 1 heterocycles. The minimum Gasteiger partial charge on any atom is -0.328 e. The molecule has 1 aromatic carbocycles. The van der Waals surface area contributed by atoms with Crippen LogP contribution in [-0.2, 0) is 0 Å². The maximum Gasteiger partial charge on any atom is 0.204 e. The summed E-state index contributed by atoms with van der Waals surface area (Å²) in [4.78, 5) is 6.70. The second kappa shape index (κ2) is 3.88. The molecule has 6 heteroatoms. The van der Waals surface area contributed by atoms with Gasteiger partial charge in [0.15, 0.2) is 17.5 Å². The van der Waals surface area contributed by atoms with Crippen LogP contribution in [-0.4, -0.2) is 9.97 Å². The quantitative estimate of drug-likeness (QED) is 0.774. The molecule has 2 rings (SSSR count). The first-order valence-electron chi connectivity index (χ1n) is 4.49. The zero-order valence-electron chi connectivity index (χ0n) is 8.31. The maximum absolute atomic E-state index is 12.9. The molecule has 1 aromatic heterocycles. The van der Waals surface area contributed by atoms with Gasteiger partial charge in [0, 0.05) is 29.7 Å². The van der Waals surface area contributed by atoms with E-state index in [-0.39, 0.29) is 5.69 Å². The van der Waals surface area contributed by atoms with Gasteiger partial charge in [0.25, 0.3) is 0 Å². The third-order valence-corrected chi connectivity index (χ3v) is 1.95. The highest BCUT2D eigenvalue weighted by molar-refractivity contribution is 5.53. The number of benzene rings is 1. The highest BCUT2D eigenvalue weighted by Gasteiger charge is 2.10. The minimum absolute atomic E-state index is 0.0887. The average Bonchev–Trinajstić information content (AvgIpc) is 2.60. The van der Waals surface area contributed by atoms with Crippen molar-refractivity contribution in [2.24, 2.45) is 0 Å². The summed E-state index contributed by atoms with van der Waals surface area (Å²) in [5.41, 5.74) is 0.885. The standard InChI is InChI=1S/C10H8F3N3/c1-5-4-14-10(15-5)16-6-2-7(11)9(13)8(12)3-6/h2-4H,1H3,(H2,14,15,16). The van der Waals surface area contributed by atoms with Crippen molar-refractivity contribution in [3.05, 3.63) is 41.5 Å². The Kier molecular flexibility index (Phi) is 2.55. The van der Waals surface area contributed by atoms with Gasteiger partial charge in [-0.05, 0) is 6.92 Å². The Morgan fingerprint density at radius 3 is 2.31 bits per heavy atom. The zero-order chi connectivity index (χ0) is 11.7. The van der Waals surface area contributed by atoms with Gasteiger partial charge in [0.1, 0.15) is 0 Å². The molecule has 0 amide bonds. The van der Waals surface area contributed by atoms with Crippen molar-refractivity contribution in [2.45, 2.75) is 6.92 Å². The van der Waals surface area contributed by atoms with Crippen molar-refractivity contribution in [1.29, 1.82) is 0 Å². The predicted octanol–water partition coefficient (Wildman–Crippen LogP) is 2.88. The fourth-order valence-electron chi connectivity index (χ4n) is 1.24. The van der Waals surface area contributed by atoms with Gasteiger partial charge in [-0.2, -0.15) is 0 Å². The first-order valence-corrected chi connectivity index (χ1v) is 4.49. The summed E-state index contributed by atoms with van der Waals surface area (Å²) >= 11 is 0. The Hall–Kier alpha value is -1.98. The highest BCUT2D eigenvalue weighted by atomic mass is 19.2. The Morgan fingerprint density at radius 2 is 1.81 bits per heavy atom. The van der Waals surface area contributed by atoms with Crippen LogP contribution in [0.5, 0.6) is 0 Å². The molecule has 2 N–H and O–H groups in total. The third kappa shape index (κ3) is 2.00. The van der Waals surface area contributed by atoms with E-state index in [4.69, 9.17) is 0 Å². The summed E-state index contributed by atoms with van der Waals surface area (Å²) in [5, 5.41) is 2.62. The summed E-state index contributed by atoms with van der Waals surface area (Å²) in [7, 11) is 0. The topological polar surface area (TPSA) is 40.7 Å². The molecule has 0 spiro atoms. The molecule has 0 atom stereocenters. The number of aryl methyl sites for hydroxylation is 1. The van der Waals surface area contributed by atoms with Gasteiger partial charge in [-0.1, -0.05) is 0 Å². The van der Waals surface area contributed by atoms with Gasteiger partial charge in [0.05, 0.1) is 0 Å². The molecular weight excluding hydrogens is 219 g/mol. The van der Waals surface area contributed by atoms with Crippen LogP contribution in [0.15, 0.2) is 18.3 Å². The SMILES string of the molecule is Cc1cnc(Nc2cc(F)c(F)c(F)c2)[nH]1. The molecule has 84 valence electrons.